The molecule has 0 fully saturated rings. The summed E-state index contributed by atoms with van der Waals surface area (Å²) in [5.74, 6) is -0.289. The minimum Gasteiger partial charge on any atom is -0.407 e. The summed E-state index contributed by atoms with van der Waals surface area (Å²) in [4.78, 5) is 24.7. The highest BCUT2D eigenvalue weighted by Crippen LogP contribution is 2.39. The van der Waals surface area contributed by atoms with Crippen molar-refractivity contribution in [2.45, 2.75) is 33.6 Å². The predicted molar refractivity (Wildman–Crippen MR) is 139 cm³/mol. The van der Waals surface area contributed by atoms with E-state index in [0.717, 1.165) is 28.1 Å². The first kappa shape index (κ1) is 24.2. The van der Waals surface area contributed by atoms with E-state index in [9.17, 15) is 9.59 Å². The average Bonchev–Trinajstić information content (AvgIpc) is 3.18. The van der Waals surface area contributed by atoms with Gasteiger partial charge in [-0.25, -0.2) is 0 Å². The first-order chi connectivity index (χ1) is 16.7. The molecule has 0 saturated heterocycles. The molecule has 0 aliphatic rings. The Morgan fingerprint density at radius 3 is 2.34 bits per heavy atom. The number of hydrogen-bond donors (Lipinski definition) is 1. The van der Waals surface area contributed by atoms with E-state index in [0.29, 0.717) is 22.2 Å². The average molecular weight is 488 g/mol. The Kier molecular flexibility index (Phi) is 7.03. The predicted octanol–water partition coefficient (Wildman–Crippen LogP) is 6.80. The Morgan fingerprint density at radius 2 is 1.71 bits per heavy atom. The topological polar surface area (TPSA) is 73.2 Å². The van der Waals surface area contributed by atoms with E-state index in [4.69, 9.17) is 21.4 Å². The maximum Gasteiger partial charge on any atom is 0.309 e. The summed E-state index contributed by atoms with van der Waals surface area (Å²) in [7, 11) is 0. The summed E-state index contributed by atoms with van der Waals surface area (Å²) in [5.41, 5.74) is 5.24. The molecule has 7 heteroatoms. The van der Waals surface area contributed by atoms with Gasteiger partial charge in [0.25, 0.3) is 5.91 Å². The van der Waals surface area contributed by atoms with Crippen LogP contribution in [0.2, 0.25) is 5.02 Å². The minimum atomic E-state index is -0.431. The lowest BCUT2D eigenvalue weighted by molar-refractivity contribution is -0.132. The maximum atomic E-state index is 12.6. The zero-order chi connectivity index (χ0) is 25.1. The highest BCUT2D eigenvalue weighted by molar-refractivity contribution is 6.34. The third-order valence-corrected chi connectivity index (χ3v) is 5.78. The van der Waals surface area contributed by atoms with Gasteiger partial charge < -0.3 is 10.1 Å². The molecule has 0 saturated carbocycles. The highest BCUT2D eigenvalue weighted by Gasteiger charge is 2.25. The molecule has 0 atom stereocenters. The van der Waals surface area contributed by atoms with Gasteiger partial charge in [0.1, 0.15) is 0 Å². The van der Waals surface area contributed by atoms with Crippen LogP contribution in [0.15, 0.2) is 72.8 Å². The Morgan fingerprint density at radius 1 is 1.00 bits per heavy atom. The number of aryl methyl sites for hydroxylation is 1. The van der Waals surface area contributed by atoms with Crippen LogP contribution in [-0.4, -0.2) is 21.7 Å². The molecule has 0 spiro atoms. The second-order valence-corrected chi connectivity index (χ2v) is 8.98. The summed E-state index contributed by atoms with van der Waals surface area (Å²) >= 11 is 6.15. The van der Waals surface area contributed by atoms with Gasteiger partial charge in [0, 0.05) is 12.6 Å². The third kappa shape index (κ3) is 5.28. The molecule has 4 aromatic rings. The lowest BCUT2D eigenvalue weighted by atomic mass is 9.99. The first-order valence-electron chi connectivity index (χ1n) is 11.3. The zero-order valence-corrected chi connectivity index (χ0v) is 20.8. The fraction of sp³-hybridized carbons (Fsp3) is 0.179. The smallest absolute Gasteiger partial charge is 0.309 e. The summed E-state index contributed by atoms with van der Waals surface area (Å²) < 4.78 is 7.37. The number of esters is 1. The van der Waals surface area contributed by atoms with Crippen molar-refractivity contribution < 1.29 is 14.3 Å². The number of hydrogen-bond acceptors (Lipinski definition) is 4. The van der Waals surface area contributed by atoms with Crippen molar-refractivity contribution in [1.82, 2.24) is 9.78 Å². The Bertz CT molecular complexity index is 1390. The van der Waals surface area contributed by atoms with Crippen LogP contribution >= 0.6 is 11.6 Å². The number of benzene rings is 3. The molecule has 35 heavy (non-hydrogen) atoms. The fourth-order valence-electron chi connectivity index (χ4n) is 3.82. The largest absolute Gasteiger partial charge is 0.407 e. The van der Waals surface area contributed by atoms with Gasteiger partial charge in [-0.1, -0.05) is 61.8 Å². The molecule has 1 aromatic heterocycles. The number of nitrogens with zero attached hydrogens (tertiary/aromatic N) is 2. The Labute approximate surface area is 209 Å². The van der Waals surface area contributed by atoms with Crippen LogP contribution in [0.4, 0.5) is 5.69 Å². The van der Waals surface area contributed by atoms with Crippen molar-refractivity contribution in [3.05, 3.63) is 94.6 Å². The molecule has 1 N–H and O–H groups in total. The van der Waals surface area contributed by atoms with E-state index in [2.05, 4.69) is 5.32 Å². The molecule has 3 aromatic carbocycles. The number of carbonyl (C=O) groups excluding carboxylic acids is 2. The molecule has 178 valence electrons. The lowest BCUT2D eigenvalue weighted by Crippen LogP contribution is -2.12. The quantitative estimate of drug-likeness (QED) is 0.303. The molecule has 0 bridgehead atoms. The molecule has 1 heterocycles. The summed E-state index contributed by atoms with van der Waals surface area (Å²) in [6.45, 7) is 7.46. The van der Waals surface area contributed by atoms with Crippen LogP contribution < -0.4 is 10.1 Å². The van der Waals surface area contributed by atoms with Gasteiger partial charge in [-0.3, -0.25) is 9.59 Å². The molecular weight excluding hydrogens is 462 g/mol. The van der Waals surface area contributed by atoms with E-state index in [1.807, 2.05) is 57.2 Å². The van der Waals surface area contributed by atoms with Crippen molar-refractivity contribution in [3.63, 3.8) is 0 Å². The SMILES string of the molecule is CC(=O)Oc1c(-c2ccc(NC(=O)c3ccccc3Cl)cc2)c(C(C)C)nn1-c1cccc(C)c1. The van der Waals surface area contributed by atoms with Gasteiger partial charge in [0.15, 0.2) is 0 Å². The van der Waals surface area contributed by atoms with E-state index < -0.39 is 5.97 Å². The third-order valence-electron chi connectivity index (χ3n) is 5.45. The van der Waals surface area contributed by atoms with Crippen molar-refractivity contribution in [2.24, 2.45) is 0 Å². The highest BCUT2D eigenvalue weighted by atomic mass is 35.5. The van der Waals surface area contributed by atoms with Gasteiger partial charge in [0.05, 0.1) is 27.5 Å². The van der Waals surface area contributed by atoms with E-state index >= 15 is 0 Å². The Balaban J connectivity index is 1.75. The zero-order valence-electron chi connectivity index (χ0n) is 20.0. The van der Waals surface area contributed by atoms with Crippen LogP contribution in [0.25, 0.3) is 16.8 Å². The number of anilines is 1. The molecule has 0 radical (unpaired) electrons. The van der Waals surface area contributed by atoms with Gasteiger partial charge in [-0.15, -0.1) is 0 Å². The summed E-state index contributed by atoms with van der Waals surface area (Å²) in [5, 5.41) is 8.08. The van der Waals surface area contributed by atoms with Gasteiger partial charge >= 0.3 is 5.97 Å². The van der Waals surface area contributed by atoms with Crippen molar-refractivity contribution in [3.8, 4) is 22.7 Å². The molecule has 4 rings (SSSR count). The number of amides is 1. The first-order valence-corrected chi connectivity index (χ1v) is 11.7. The van der Waals surface area contributed by atoms with E-state index in [-0.39, 0.29) is 11.8 Å². The van der Waals surface area contributed by atoms with Gasteiger partial charge in [-0.05, 0) is 60.4 Å². The summed E-state index contributed by atoms with van der Waals surface area (Å²) in [6, 6.07) is 22.1. The van der Waals surface area contributed by atoms with Crippen LogP contribution in [-0.2, 0) is 4.79 Å². The minimum absolute atomic E-state index is 0.0740. The van der Waals surface area contributed by atoms with Crippen LogP contribution in [0.5, 0.6) is 5.88 Å². The number of carbonyl (C=O) groups is 2. The van der Waals surface area contributed by atoms with Gasteiger partial charge in [0.2, 0.25) is 5.88 Å². The van der Waals surface area contributed by atoms with E-state index in [1.54, 1.807) is 41.1 Å². The molecule has 6 nitrogen and oxygen atoms in total. The normalized spacial score (nSPS) is 10.9. The van der Waals surface area contributed by atoms with Crippen LogP contribution in [0.3, 0.4) is 0 Å². The van der Waals surface area contributed by atoms with Gasteiger partial charge in [-0.2, -0.15) is 9.78 Å². The number of halogens is 1. The second kappa shape index (κ2) is 10.2. The van der Waals surface area contributed by atoms with Crippen molar-refractivity contribution >= 4 is 29.2 Å². The number of nitrogens with one attached hydrogen (secondary N) is 1. The van der Waals surface area contributed by atoms with Crippen LogP contribution in [0.1, 0.15) is 48.3 Å². The monoisotopic (exact) mass is 487 g/mol. The number of ether oxygens (including phenoxy) is 1. The number of rotatable bonds is 6. The molecule has 0 aliphatic heterocycles. The second-order valence-electron chi connectivity index (χ2n) is 8.58. The molecule has 0 unspecified atom stereocenters. The number of aromatic nitrogens is 2. The molecule has 0 aliphatic carbocycles. The van der Waals surface area contributed by atoms with E-state index in [1.165, 1.54) is 6.92 Å². The molecule has 1 amide bonds. The summed E-state index contributed by atoms with van der Waals surface area (Å²) in [6.07, 6.45) is 0. The van der Waals surface area contributed by atoms with Crippen molar-refractivity contribution in [2.75, 3.05) is 5.32 Å². The lowest BCUT2D eigenvalue weighted by Gasteiger charge is -2.11. The van der Waals surface area contributed by atoms with Crippen LogP contribution in [0, 0.1) is 6.92 Å². The fourth-order valence-corrected chi connectivity index (χ4v) is 4.04. The van der Waals surface area contributed by atoms with Crippen molar-refractivity contribution in [1.29, 1.82) is 0 Å². The maximum absolute atomic E-state index is 12.6. The Hall–Kier alpha value is -3.90. The standard InChI is InChI=1S/C28H26ClN3O3/c1-17(2)26-25(28(35-19(4)33)32(31-26)22-9-7-8-18(3)16-22)20-12-14-21(15-13-20)30-27(34)23-10-5-6-11-24(23)29/h5-17H,1-4H3,(H,30,34). The molecular formula is C28H26ClN3O3.